The summed E-state index contributed by atoms with van der Waals surface area (Å²) in [6.45, 7) is 2.39. The Hall–Kier alpha value is -2.46. The molecule has 1 aromatic rings. The molecule has 0 aliphatic heterocycles. The van der Waals surface area contributed by atoms with E-state index >= 15 is 0 Å². The van der Waals surface area contributed by atoms with E-state index in [0.717, 1.165) is 5.56 Å². The standard InChI is InChI=1S/C14H19N3O6S/c1-9-4-6-11(7-5-9)24(21,22)17-10(2)13(19)23-8-12(18)16-14(20)15-3/h4-7,10,17H,8H2,1-3H3,(H2,15,16,18,20)/t10-/m0/s1. The third-order valence-corrected chi connectivity index (χ3v) is 4.40. The van der Waals surface area contributed by atoms with Crippen LogP contribution in [-0.4, -0.2) is 46.0 Å². The highest BCUT2D eigenvalue weighted by atomic mass is 32.2. The number of hydrogen-bond acceptors (Lipinski definition) is 6. The van der Waals surface area contributed by atoms with Crippen LogP contribution in [0.5, 0.6) is 0 Å². The number of rotatable bonds is 6. The molecule has 1 atom stereocenters. The highest BCUT2D eigenvalue weighted by Gasteiger charge is 2.23. The number of sulfonamides is 1. The van der Waals surface area contributed by atoms with Crippen molar-refractivity contribution < 1.29 is 27.5 Å². The number of carbonyl (C=O) groups excluding carboxylic acids is 3. The summed E-state index contributed by atoms with van der Waals surface area (Å²) in [7, 11) is -2.58. The number of aryl methyl sites for hydroxylation is 1. The third-order valence-electron chi connectivity index (χ3n) is 2.84. The highest BCUT2D eigenvalue weighted by Crippen LogP contribution is 2.10. The maximum Gasteiger partial charge on any atom is 0.324 e. The van der Waals surface area contributed by atoms with Crippen LogP contribution >= 0.6 is 0 Å². The molecule has 0 heterocycles. The van der Waals surface area contributed by atoms with Crippen molar-refractivity contribution in [1.82, 2.24) is 15.4 Å². The van der Waals surface area contributed by atoms with E-state index in [-0.39, 0.29) is 4.90 Å². The second kappa shape index (κ2) is 8.41. The molecule has 0 radical (unpaired) electrons. The molecule has 1 aromatic carbocycles. The maximum absolute atomic E-state index is 12.1. The van der Waals surface area contributed by atoms with E-state index < -0.39 is 40.6 Å². The van der Waals surface area contributed by atoms with Gasteiger partial charge in [-0.05, 0) is 26.0 Å². The highest BCUT2D eigenvalue weighted by molar-refractivity contribution is 7.89. The van der Waals surface area contributed by atoms with Crippen LogP contribution in [0.3, 0.4) is 0 Å². The Balaban J connectivity index is 2.58. The summed E-state index contributed by atoms with van der Waals surface area (Å²) in [4.78, 5) is 33.9. The van der Waals surface area contributed by atoms with Crippen LogP contribution in [0.25, 0.3) is 0 Å². The molecule has 0 fully saturated rings. The van der Waals surface area contributed by atoms with Crippen molar-refractivity contribution in [2.45, 2.75) is 24.8 Å². The molecule has 0 aliphatic rings. The van der Waals surface area contributed by atoms with Gasteiger partial charge in [0.2, 0.25) is 10.0 Å². The van der Waals surface area contributed by atoms with Crippen molar-refractivity contribution in [3.05, 3.63) is 29.8 Å². The summed E-state index contributed by atoms with van der Waals surface area (Å²) in [5.74, 6) is -1.78. The van der Waals surface area contributed by atoms with Gasteiger partial charge in [-0.1, -0.05) is 17.7 Å². The van der Waals surface area contributed by atoms with E-state index in [0.29, 0.717) is 0 Å². The lowest BCUT2D eigenvalue weighted by Gasteiger charge is -2.13. The number of carbonyl (C=O) groups is 3. The molecule has 0 unspecified atom stereocenters. The molecule has 3 amide bonds. The second-order valence-corrected chi connectivity index (χ2v) is 6.61. The van der Waals surface area contributed by atoms with E-state index in [4.69, 9.17) is 0 Å². The first-order chi connectivity index (χ1) is 11.2. The van der Waals surface area contributed by atoms with Gasteiger partial charge >= 0.3 is 12.0 Å². The number of imide groups is 1. The summed E-state index contributed by atoms with van der Waals surface area (Å²) in [5, 5.41) is 4.05. The first-order valence-electron chi connectivity index (χ1n) is 6.93. The van der Waals surface area contributed by atoms with Crippen molar-refractivity contribution in [2.75, 3.05) is 13.7 Å². The van der Waals surface area contributed by atoms with E-state index in [9.17, 15) is 22.8 Å². The Bertz CT molecular complexity index is 715. The summed E-state index contributed by atoms with van der Waals surface area (Å²) >= 11 is 0. The Morgan fingerprint density at radius 3 is 2.29 bits per heavy atom. The Labute approximate surface area is 139 Å². The normalized spacial score (nSPS) is 12.1. The molecule has 1 rings (SSSR count). The van der Waals surface area contributed by atoms with E-state index in [2.05, 4.69) is 14.8 Å². The van der Waals surface area contributed by atoms with Crippen molar-refractivity contribution in [3.63, 3.8) is 0 Å². The number of esters is 1. The van der Waals surface area contributed by atoms with Crippen LogP contribution < -0.4 is 15.4 Å². The fraction of sp³-hybridized carbons (Fsp3) is 0.357. The zero-order chi connectivity index (χ0) is 18.3. The van der Waals surface area contributed by atoms with E-state index in [1.807, 2.05) is 12.2 Å². The second-order valence-electron chi connectivity index (χ2n) is 4.89. The van der Waals surface area contributed by atoms with Gasteiger partial charge in [0.15, 0.2) is 6.61 Å². The predicted molar refractivity (Wildman–Crippen MR) is 84.5 cm³/mol. The van der Waals surface area contributed by atoms with Crippen LogP contribution in [0.2, 0.25) is 0 Å². The van der Waals surface area contributed by atoms with Crippen molar-refractivity contribution in [2.24, 2.45) is 0 Å². The predicted octanol–water partition coefficient (Wildman–Crippen LogP) is -0.339. The van der Waals surface area contributed by atoms with Crippen molar-refractivity contribution >= 4 is 27.9 Å². The van der Waals surface area contributed by atoms with Gasteiger partial charge in [0.05, 0.1) is 4.90 Å². The fourth-order valence-electron chi connectivity index (χ4n) is 1.55. The summed E-state index contributed by atoms with van der Waals surface area (Å²) in [6.07, 6.45) is 0. The molecule has 10 heteroatoms. The molecular weight excluding hydrogens is 338 g/mol. The summed E-state index contributed by atoms with van der Waals surface area (Å²) < 4.78 is 31.1. The monoisotopic (exact) mass is 357 g/mol. The fourth-order valence-corrected chi connectivity index (χ4v) is 2.75. The van der Waals surface area contributed by atoms with Gasteiger partial charge in [0, 0.05) is 7.05 Å². The molecule has 0 aromatic heterocycles. The summed E-state index contributed by atoms with van der Waals surface area (Å²) in [6, 6.07) is 4.12. The SMILES string of the molecule is CNC(=O)NC(=O)COC(=O)[C@H](C)NS(=O)(=O)c1ccc(C)cc1. The van der Waals surface area contributed by atoms with Gasteiger partial charge < -0.3 is 10.1 Å². The largest absolute Gasteiger partial charge is 0.454 e. The molecule has 9 nitrogen and oxygen atoms in total. The van der Waals surface area contributed by atoms with Gasteiger partial charge in [-0.2, -0.15) is 4.72 Å². The van der Waals surface area contributed by atoms with Gasteiger partial charge in [-0.25, -0.2) is 13.2 Å². The third kappa shape index (κ3) is 5.97. The van der Waals surface area contributed by atoms with E-state index in [1.165, 1.54) is 26.1 Å². The molecule has 0 bridgehead atoms. The quantitative estimate of drug-likeness (QED) is 0.597. The smallest absolute Gasteiger partial charge is 0.324 e. The lowest BCUT2D eigenvalue weighted by atomic mass is 10.2. The maximum atomic E-state index is 12.1. The number of amides is 3. The molecule has 0 aliphatic carbocycles. The van der Waals surface area contributed by atoms with Crippen molar-refractivity contribution in [1.29, 1.82) is 0 Å². The van der Waals surface area contributed by atoms with Gasteiger partial charge in [-0.3, -0.25) is 14.9 Å². The van der Waals surface area contributed by atoms with Crippen LogP contribution in [0, 0.1) is 6.92 Å². The number of ether oxygens (including phenoxy) is 1. The average Bonchev–Trinajstić information content (AvgIpc) is 2.52. The molecular formula is C14H19N3O6S. The minimum atomic E-state index is -3.90. The van der Waals surface area contributed by atoms with Crippen LogP contribution in [-0.2, 0) is 24.3 Å². The number of urea groups is 1. The first-order valence-corrected chi connectivity index (χ1v) is 8.41. The zero-order valence-electron chi connectivity index (χ0n) is 13.5. The number of hydrogen-bond donors (Lipinski definition) is 3. The first kappa shape index (κ1) is 19.6. The topological polar surface area (TPSA) is 131 Å². The molecule has 3 N–H and O–H groups in total. The van der Waals surface area contributed by atoms with E-state index in [1.54, 1.807) is 12.1 Å². The summed E-state index contributed by atoms with van der Waals surface area (Å²) in [5.41, 5.74) is 0.892. The molecule has 0 spiro atoms. The van der Waals surface area contributed by atoms with Crippen LogP contribution in [0.4, 0.5) is 4.79 Å². The lowest BCUT2D eigenvalue weighted by molar-refractivity contribution is -0.149. The van der Waals surface area contributed by atoms with Crippen LogP contribution in [0.15, 0.2) is 29.2 Å². The lowest BCUT2D eigenvalue weighted by Crippen LogP contribution is -2.43. The molecule has 132 valence electrons. The minimum Gasteiger partial charge on any atom is -0.454 e. The van der Waals surface area contributed by atoms with Gasteiger partial charge in [0.25, 0.3) is 5.91 Å². The zero-order valence-corrected chi connectivity index (χ0v) is 14.3. The number of benzene rings is 1. The molecule has 0 saturated heterocycles. The number of nitrogens with one attached hydrogen (secondary N) is 3. The van der Waals surface area contributed by atoms with Gasteiger partial charge in [-0.15, -0.1) is 0 Å². The van der Waals surface area contributed by atoms with Crippen molar-refractivity contribution in [3.8, 4) is 0 Å². The molecule has 24 heavy (non-hydrogen) atoms. The van der Waals surface area contributed by atoms with Gasteiger partial charge in [0.1, 0.15) is 6.04 Å². The molecule has 0 saturated carbocycles. The Morgan fingerprint density at radius 1 is 1.17 bits per heavy atom. The minimum absolute atomic E-state index is 0.00473. The Morgan fingerprint density at radius 2 is 1.75 bits per heavy atom. The average molecular weight is 357 g/mol. The van der Waals surface area contributed by atoms with Crippen LogP contribution in [0.1, 0.15) is 12.5 Å². The Kier molecular flexibility index (Phi) is 6.86.